The number of rotatable bonds is 9. The van der Waals surface area contributed by atoms with Crippen LogP contribution < -0.4 is 14.4 Å². The molecule has 1 atom stereocenters. The fraction of sp³-hybridized carbons (Fsp3) is 0.273. The number of ether oxygens (including phenoxy) is 1. The highest BCUT2D eigenvalue weighted by atomic mass is 35.5. The molecule has 274 valence electrons. The van der Waals surface area contributed by atoms with Crippen LogP contribution >= 0.6 is 11.6 Å². The minimum atomic E-state index is -1.77. The van der Waals surface area contributed by atoms with Crippen LogP contribution in [-0.4, -0.2) is 57.7 Å². The number of allylic oxidation sites excluding steroid dienone is 1. The normalized spacial score (nSPS) is 17.8. The molecule has 3 aliphatic rings. The highest BCUT2D eigenvalue weighted by Crippen LogP contribution is 2.55. The summed E-state index contributed by atoms with van der Waals surface area (Å²) in [5.74, 6) is 0.406. The lowest BCUT2D eigenvalue weighted by Gasteiger charge is -2.47. The van der Waals surface area contributed by atoms with Gasteiger partial charge >= 0.3 is 0 Å². The zero-order valence-corrected chi connectivity index (χ0v) is 31.6. The molecule has 2 fully saturated rings. The summed E-state index contributed by atoms with van der Waals surface area (Å²) in [6, 6.07) is 31.3. The van der Waals surface area contributed by atoms with E-state index < -0.39 is 16.9 Å². The number of anilines is 1. The second-order valence-corrected chi connectivity index (χ2v) is 16.6. The summed E-state index contributed by atoms with van der Waals surface area (Å²) in [5, 5.41) is 3.68. The van der Waals surface area contributed by atoms with Crippen LogP contribution in [0.5, 0.6) is 11.5 Å². The largest absolute Gasteiger partial charge is 0.455 e. The summed E-state index contributed by atoms with van der Waals surface area (Å²) in [6.07, 6.45) is 11.2. The number of aromatic nitrogens is 2. The van der Waals surface area contributed by atoms with E-state index in [-0.39, 0.29) is 0 Å². The molecule has 1 spiro atoms. The predicted octanol–water partition coefficient (Wildman–Crippen LogP) is 9.54. The Bertz CT molecular complexity index is 2410. The van der Waals surface area contributed by atoms with Crippen molar-refractivity contribution in [2.24, 2.45) is 5.41 Å². The van der Waals surface area contributed by atoms with Gasteiger partial charge in [-0.05, 0) is 108 Å². The van der Waals surface area contributed by atoms with E-state index in [1.165, 1.54) is 43.2 Å². The summed E-state index contributed by atoms with van der Waals surface area (Å²) in [5.41, 5.74) is 6.94. The van der Waals surface area contributed by atoms with E-state index in [9.17, 15) is 9.00 Å². The molecular weight excluding hydrogens is 714 g/mol. The van der Waals surface area contributed by atoms with Gasteiger partial charge in [0.1, 0.15) is 17.1 Å². The Balaban J connectivity index is 0.934. The molecule has 6 aromatic rings. The number of nitrogens with zero attached hydrogens (tertiary/aromatic N) is 3. The van der Waals surface area contributed by atoms with Crippen LogP contribution in [0, 0.1) is 5.41 Å². The Morgan fingerprint density at radius 1 is 0.889 bits per heavy atom. The Morgan fingerprint density at radius 2 is 1.70 bits per heavy atom. The first-order valence-corrected chi connectivity index (χ1v) is 20.3. The van der Waals surface area contributed by atoms with Gasteiger partial charge < -0.3 is 14.6 Å². The third kappa shape index (κ3) is 7.16. The van der Waals surface area contributed by atoms with Crippen molar-refractivity contribution in [1.82, 2.24) is 19.6 Å². The van der Waals surface area contributed by atoms with Crippen LogP contribution in [0.2, 0.25) is 5.02 Å². The lowest BCUT2D eigenvalue weighted by atomic mass is 9.59. The summed E-state index contributed by atoms with van der Waals surface area (Å²) in [6.45, 7) is 4.54. The first-order valence-electron chi connectivity index (χ1n) is 18.8. The van der Waals surface area contributed by atoms with Crippen molar-refractivity contribution < 1.29 is 13.7 Å². The molecule has 10 heteroatoms. The number of H-pyrrole nitrogens is 1. The average Bonchev–Trinajstić information content (AvgIpc) is 3.66. The third-order valence-corrected chi connectivity index (χ3v) is 12.9. The third-order valence-electron chi connectivity index (χ3n) is 11.6. The molecular formula is C44H42ClN5O3S. The van der Waals surface area contributed by atoms with Gasteiger partial charge in [0.2, 0.25) is 0 Å². The maximum Gasteiger partial charge on any atom is 0.266 e. The maximum atomic E-state index is 13.8. The minimum absolute atomic E-state index is 0.295. The molecule has 2 aromatic heterocycles. The van der Waals surface area contributed by atoms with Crippen LogP contribution in [0.1, 0.15) is 54.4 Å². The molecule has 54 heavy (non-hydrogen) atoms. The van der Waals surface area contributed by atoms with Crippen LogP contribution in [0.25, 0.3) is 27.4 Å². The number of halogens is 1. The van der Waals surface area contributed by atoms with E-state index in [4.69, 9.17) is 16.3 Å². The summed E-state index contributed by atoms with van der Waals surface area (Å²) >= 11 is 6.28. The van der Waals surface area contributed by atoms with Crippen LogP contribution in [0.4, 0.5) is 5.69 Å². The highest BCUT2D eigenvalue weighted by molar-refractivity contribution is 7.83. The van der Waals surface area contributed by atoms with Gasteiger partial charge in [0.15, 0.2) is 11.0 Å². The van der Waals surface area contributed by atoms with E-state index in [1.807, 2.05) is 79.0 Å². The SMILES string of the molecule is O=C(NS(=O)c1ccc2ccccc2c1)c1ccc(N2CCN(CC3=C(c4ccc(Cl)cc4)CC4(CCC4)CC3)CC2)cc1Oc1cnc2[nH]ccc2c1. The van der Waals surface area contributed by atoms with E-state index >= 15 is 0 Å². The van der Waals surface area contributed by atoms with Crippen molar-refractivity contribution in [1.29, 1.82) is 0 Å². The summed E-state index contributed by atoms with van der Waals surface area (Å²) in [7, 11) is -1.77. The smallest absolute Gasteiger partial charge is 0.266 e. The number of carbonyl (C=O) groups excluding carboxylic acids is 1. The highest BCUT2D eigenvalue weighted by Gasteiger charge is 2.41. The molecule has 4 aromatic carbocycles. The molecule has 1 saturated carbocycles. The summed E-state index contributed by atoms with van der Waals surface area (Å²) < 4.78 is 22.5. The number of benzene rings is 4. The number of carbonyl (C=O) groups is 1. The van der Waals surface area contributed by atoms with Gasteiger partial charge in [0.25, 0.3) is 5.91 Å². The van der Waals surface area contributed by atoms with Gasteiger partial charge in [-0.15, -0.1) is 0 Å². The Kier molecular flexibility index (Phi) is 9.47. The molecule has 0 bridgehead atoms. The first kappa shape index (κ1) is 34.8. The standard InChI is InChI=1S/C44H42ClN5O3S/c45-35-9-6-31(7-10-35)40-27-44(16-3-17-44)18-14-34(40)29-49-20-22-50(23-21-49)36-11-13-39(41(26-36)53-37-24-33-15-19-46-42(33)47-28-37)43(51)48-54(52)38-12-8-30-4-1-2-5-32(30)25-38/h1-2,4-13,15,19,24-26,28H,3,14,16-18,20-23,27,29H2,(H,46,47)(H,48,51). The summed E-state index contributed by atoms with van der Waals surface area (Å²) in [4.78, 5) is 26.8. The number of nitrogens with one attached hydrogen (secondary N) is 2. The second kappa shape index (κ2) is 14.7. The number of hydrogen-bond donors (Lipinski definition) is 2. The monoisotopic (exact) mass is 755 g/mol. The number of amides is 1. The fourth-order valence-corrected chi connectivity index (χ4v) is 9.34. The molecule has 2 aliphatic carbocycles. The number of hydrogen-bond acceptors (Lipinski definition) is 6. The molecule has 3 heterocycles. The molecule has 9 rings (SSSR count). The molecule has 1 saturated heterocycles. The number of piperazine rings is 1. The van der Waals surface area contributed by atoms with Crippen molar-refractivity contribution in [3.8, 4) is 11.5 Å². The topological polar surface area (TPSA) is 90.6 Å². The van der Waals surface area contributed by atoms with Gasteiger partial charge in [0.05, 0.1) is 16.7 Å². The quantitative estimate of drug-likeness (QED) is 0.153. The van der Waals surface area contributed by atoms with Gasteiger partial charge in [0, 0.05) is 61.1 Å². The lowest BCUT2D eigenvalue weighted by Crippen LogP contribution is -2.47. The van der Waals surface area contributed by atoms with Crippen molar-refractivity contribution in [3.05, 3.63) is 131 Å². The van der Waals surface area contributed by atoms with E-state index in [0.29, 0.717) is 27.4 Å². The van der Waals surface area contributed by atoms with Crippen LogP contribution in [0.15, 0.2) is 120 Å². The molecule has 2 N–H and O–H groups in total. The number of aromatic amines is 1. The predicted molar refractivity (Wildman–Crippen MR) is 218 cm³/mol. The Morgan fingerprint density at radius 3 is 2.50 bits per heavy atom. The van der Waals surface area contributed by atoms with Gasteiger partial charge in [-0.3, -0.25) is 14.4 Å². The van der Waals surface area contributed by atoms with Crippen molar-refractivity contribution in [2.45, 2.75) is 43.4 Å². The Labute approximate surface area is 322 Å². The number of pyridine rings is 1. The van der Waals surface area contributed by atoms with Crippen molar-refractivity contribution >= 4 is 61.6 Å². The maximum absolute atomic E-state index is 13.8. The fourth-order valence-electron chi connectivity index (χ4n) is 8.39. The molecule has 1 aliphatic heterocycles. The second-order valence-electron chi connectivity index (χ2n) is 15.0. The lowest BCUT2D eigenvalue weighted by molar-refractivity contribution is 0.0980. The Hall–Kier alpha value is -4.96. The zero-order valence-electron chi connectivity index (χ0n) is 30.0. The number of fused-ring (bicyclic) bond motifs is 2. The van der Waals surface area contributed by atoms with Crippen LogP contribution in [-0.2, 0) is 11.0 Å². The molecule has 1 unspecified atom stereocenters. The zero-order chi connectivity index (χ0) is 36.6. The van der Waals surface area contributed by atoms with Crippen molar-refractivity contribution in [3.63, 3.8) is 0 Å². The van der Waals surface area contributed by atoms with Gasteiger partial charge in [-0.1, -0.05) is 66.1 Å². The average molecular weight is 756 g/mol. The minimum Gasteiger partial charge on any atom is -0.455 e. The molecule has 0 radical (unpaired) electrons. The van der Waals surface area contributed by atoms with Gasteiger partial charge in [-0.25, -0.2) is 9.19 Å². The molecule has 1 amide bonds. The van der Waals surface area contributed by atoms with E-state index in [2.05, 4.69) is 36.6 Å². The van der Waals surface area contributed by atoms with Crippen LogP contribution in [0.3, 0.4) is 0 Å². The van der Waals surface area contributed by atoms with E-state index in [1.54, 1.807) is 23.9 Å². The first-order chi connectivity index (χ1) is 26.4. The van der Waals surface area contributed by atoms with Gasteiger partial charge in [-0.2, -0.15) is 0 Å². The molecule has 8 nitrogen and oxygen atoms in total. The van der Waals surface area contributed by atoms with Crippen molar-refractivity contribution in [2.75, 3.05) is 37.6 Å². The van der Waals surface area contributed by atoms with E-state index in [0.717, 1.165) is 71.7 Å².